The number of hydrogen-bond acceptors (Lipinski definition) is 1. The molecule has 0 radical (unpaired) electrons. The van der Waals surface area contributed by atoms with Gasteiger partial charge in [-0.15, -0.1) is 11.6 Å². The van der Waals surface area contributed by atoms with Crippen LogP contribution in [0.25, 0.3) is 0 Å². The fraction of sp³-hybridized carbons (Fsp3) is 0.450. The van der Waals surface area contributed by atoms with Crippen LogP contribution in [0, 0.1) is 5.41 Å². The summed E-state index contributed by atoms with van der Waals surface area (Å²) in [7, 11) is 0. The molecule has 0 saturated heterocycles. The average molecular weight is 345 g/mol. The minimum atomic E-state index is -0.513. The zero-order chi connectivity index (χ0) is 17.2. The van der Waals surface area contributed by atoms with Gasteiger partial charge >= 0.3 is 0 Å². The fourth-order valence-electron chi connectivity index (χ4n) is 2.90. The number of benzene rings is 1. The van der Waals surface area contributed by atoms with E-state index < -0.39 is 5.41 Å². The van der Waals surface area contributed by atoms with E-state index >= 15 is 0 Å². The monoisotopic (exact) mass is 344 g/mol. The Morgan fingerprint density at radius 2 is 1.92 bits per heavy atom. The van der Waals surface area contributed by atoms with Crippen LogP contribution in [0.5, 0.6) is 0 Å². The highest BCUT2D eigenvalue weighted by Crippen LogP contribution is 2.33. The highest BCUT2D eigenvalue weighted by Gasteiger charge is 2.39. The first kappa shape index (κ1) is 17.1. The van der Waals surface area contributed by atoms with Crippen molar-refractivity contribution in [3.63, 3.8) is 0 Å². The molecule has 0 atom stereocenters. The molecule has 1 aliphatic carbocycles. The van der Waals surface area contributed by atoms with Crippen LogP contribution in [-0.2, 0) is 17.9 Å². The lowest BCUT2D eigenvalue weighted by molar-refractivity contribution is -0.140. The second-order valence-electron chi connectivity index (χ2n) is 7.29. The number of hydrogen-bond donors (Lipinski definition) is 0. The van der Waals surface area contributed by atoms with Gasteiger partial charge in [0.05, 0.1) is 12.0 Å². The van der Waals surface area contributed by atoms with Gasteiger partial charge in [-0.3, -0.25) is 4.79 Å². The summed E-state index contributed by atoms with van der Waals surface area (Å²) in [5, 5.41) is 0. The van der Waals surface area contributed by atoms with Crippen LogP contribution in [0.2, 0.25) is 0 Å². The first-order chi connectivity index (χ1) is 11.5. The number of aromatic nitrogens is 1. The summed E-state index contributed by atoms with van der Waals surface area (Å²) in [4.78, 5) is 14.9. The molecule has 3 rings (SSSR count). The number of amides is 1. The van der Waals surface area contributed by atoms with Gasteiger partial charge in [0.2, 0.25) is 5.91 Å². The maximum atomic E-state index is 12.9. The van der Waals surface area contributed by atoms with Crippen LogP contribution in [0.15, 0.2) is 48.7 Å². The second-order valence-corrected chi connectivity index (χ2v) is 7.56. The first-order valence-electron chi connectivity index (χ1n) is 8.56. The van der Waals surface area contributed by atoms with E-state index in [1.54, 1.807) is 0 Å². The molecule has 0 aliphatic heterocycles. The van der Waals surface area contributed by atoms with Crippen LogP contribution >= 0.6 is 11.6 Å². The van der Waals surface area contributed by atoms with E-state index in [9.17, 15) is 4.79 Å². The third-order valence-electron chi connectivity index (χ3n) is 4.61. The molecule has 1 aromatic heterocycles. The third kappa shape index (κ3) is 3.84. The van der Waals surface area contributed by atoms with E-state index in [4.69, 9.17) is 11.6 Å². The van der Waals surface area contributed by atoms with Crippen molar-refractivity contribution in [2.45, 2.75) is 45.8 Å². The van der Waals surface area contributed by atoms with Crippen LogP contribution < -0.4 is 0 Å². The SMILES string of the molecule is CC(C)(CCl)C(=O)N(Cc1cccn1Cc1ccccc1)C1CC1. The van der Waals surface area contributed by atoms with Gasteiger partial charge in [-0.05, 0) is 44.4 Å². The number of halogens is 1. The van der Waals surface area contributed by atoms with Crippen LogP contribution in [0.3, 0.4) is 0 Å². The Morgan fingerprint density at radius 1 is 1.21 bits per heavy atom. The van der Waals surface area contributed by atoms with E-state index in [0.29, 0.717) is 18.5 Å². The summed E-state index contributed by atoms with van der Waals surface area (Å²) in [6.45, 7) is 5.35. The summed E-state index contributed by atoms with van der Waals surface area (Å²) in [5.74, 6) is 0.507. The maximum absolute atomic E-state index is 12.9. The average Bonchev–Trinajstić information content (AvgIpc) is 3.34. The molecule has 1 aromatic carbocycles. The predicted octanol–water partition coefficient (Wildman–Crippen LogP) is 4.29. The molecule has 128 valence electrons. The Hall–Kier alpha value is -1.74. The highest BCUT2D eigenvalue weighted by atomic mass is 35.5. The molecule has 0 spiro atoms. The quantitative estimate of drug-likeness (QED) is 0.688. The van der Waals surface area contributed by atoms with Gasteiger partial charge in [0.25, 0.3) is 0 Å². The zero-order valence-electron chi connectivity index (χ0n) is 14.4. The molecule has 0 unspecified atom stereocenters. The molecule has 1 heterocycles. The minimum absolute atomic E-state index is 0.160. The van der Waals surface area contributed by atoms with Crippen molar-refractivity contribution >= 4 is 17.5 Å². The summed E-state index contributed by atoms with van der Waals surface area (Å²) >= 11 is 6.02. The van der Waals surface area contributed by atoms with Crippen molar-refractivity contribution in [3.05, 3.63) is 59.9 Å². The lowest BCUT2D eigenvalue weighted by Gasteiger charge is -2.31. The minimum Gasteiger partial charge on any atom is -0.345 e. The van der Waals surface area contributed by atoms with Gasteiger partial charge in [-0.25, -0.2) is 0 Å². The van der Waals surface area contributed by atoms with Crippen molar-refractivity contribution in [3.8, 4) is 0 Å². The summed E-state index contributed by atoms with van der Waals surface area (Å²) in [6.07, 6.45) is 4.29. The largest absolute Gasteiger partial charge is 0.345 e. The van der Waals surface area contributed by atoms with Gasteiger partial charge in [-0.1, -0.05) is 30.3 Å². The van der Waals surface area contributed by atoms with E-state index in [1.807, 2.05) is 24.8 Å². The zero-order valence-corrected chi connectivity index (χ0v) is 15.2. The molecule has 0 bridgehead atoms. The smallest absolute Gasteiger partial charge is 0.230 e. The third-order valence-corrected chi connectivity index (χ3v) is 5.28. The Bertz CT molecular complexity index is 689. The van der Waals surface area contributed by atoms with Gasteiger partial charge in [0.15, 0.2) is 0 Å². The molecular formula is C20H25ClN2O. The molecule has 1 amide bonds. The van der Waals surface area contributed by atoms with Gasteiger partial charge in [0.1, 0.15) is 0 Å². The van der Waals surface area contributed by atoms with Gasteiger partial charge in [-0.2, -0.15) is 0 Å². The number of rotatable bonds is 7. The number of carbonyl (C=O) groups is 1. The molecule has 0 N–H and O–H groups in total. The Morgan fingerprint density at radius 3 is 2.54 bits per heavy atom. The van der Waals surface area contributed by atoms with E-state index in [1.165, 1.54) is 11.3 Å². The van der Waals surface area contributed by atoms with Crippen molar-refractivity contribution in [2.75, 3.05) is 5.88 Å². The maximum Gasteiger partial charge on any atom is 0.230 e. The van der Waals surface area contributed by atoms with E-state index in [-0.39, 0.29) is 5.91 Å². The molecule has 2 aromatic rings. The Labute approximate surface area is 149 Å². The lowest BCUT2D eigenvalue weighted by atomic mass is 9.94. The standard InChI is InChI=1S/C20H25ClN2O/c1-20(2,15-21)19(24)23(17-10-11-17)14-18-9-6-12-22(18)13-16-7-4-3-5-8-16/h3-9,12,17H,10-11,13-15H2,1-2H3. The predicted molar refractivity (Wildman–Crippen MR) is 98.0 cm³/mol. The molecule has 1 aliphatic rings. The molecule has 4 heteroatoms. The summed E-state index contributed by atoms with van der Waals surface area (Å²) in [5.41, 5.74) is 1.92. The van der Waals surface area contributed by atoms with Crippen molar-refractivity contribution in [1.82, 2.24) is 9.47 Å². The molecular weight excluding hydrogens is 320 g/mol. The van der Waals surface area contributed by atoms with Gasteiger partial charge in [0, 0.05) is 30.4 Å². The lowest BCUT2D eigenvalue weighted by Crippen LogP contribution is -2.43. The normalized spacial score (nSPS) is 14.6. The van der Waals surface area contributed by atoms with E-state index in [2.05, 4.69) is 47.2 Å². The highest BCUT2D eigenvalue weighted by molar-refractivity contribution is 6.19. The van der Waals surface area contributed by atoms with Crippen LogP contribution in [-0.4, -0.2) is 27.3 Å². The summed E-state index contributed by atoms with van der Waals surface area (Å²) in [6, 6.07) is 14.9. The van der Waals surface area contributed by atoms with Crippen molar-refractivity contribution in [2.24, 2.45) is 5.41 Å². The number of carbonyl (C=O) groups excluding carboxylic acids is 1. The van der Waals surface area contributed by atoms with Crippen LogP contribution in [0.4, 0.5) is 0 Å². The number of alkyl halides is 1. The first-order valence-corrected chi connectivity index (χ1v) is 9.10. The molecule has 1 saturated carbocycles. The van der Waals surface area contributed by atoms with Crippen molar-refractivity contribution < 1.29 is 4.79 Å². The second kappa shape index (κ2) is 7.02. The molecule has 3 nitrogen and oxygen atoms in total. The number of nitrogens with zero attached hydrogens (tertiary/aromatic N) is 2. The topological polar surface area (TPSA) is 25.2 Å². The Kier molecular flexibility index (Phi) is 5.00. The molecule has 1 fully saturated rings. The fourth-order valence-corrected chi connectivity index (χ4v) is 3.02. The molecule has 24 heavy (non-hydrogen) atoms. The van der Waals surface area contributed by atoms with Gasteiger partial charge < -0.3 is 9.47 Å². The van der Waals surface area contributed by atoms with Crippen LogP contribution in [0.1, 0.15) is 37.9 Å². The van der Waals surface area contributed by atoms with Crippen molar-refractivity contribution in [1.29, 1.82) is 0 Å². The summed E-state index contributed by atoms with van der Waals surface area (Å²) < 4.78 is 2.23. The van der Waals surface area contributed by atoms with E-state index in [0.717, 1.165) is 19.4 Å². The Balaban J connectivity index is 1.77.